The van der Waals surface area contributed by atoms with E-state index in [0.717, 1.165) is 39.3 Å². The molecule has 2 aliphatic heterocycles. The molecule has 0 N–H and O–H groups in total. The normalized spacial score (nSPS) is 14.9. The first kappa shape index (κ1) is 35.6. The van der Waals surface area contributed by atoms with Crippen molar-refractivity contribution in [1.29, 1.82) is 0 Å². The molecule has 64 heavy (non-hydrogen) atoms. The van der Waals surface area contributed by atoms with E-state index in [4.69, 9.17) is 9.97 Å². The molecule has 0 fully saturated rings. The number of fused-ring (bicyclic) bond motifs is 14. The van der Waals surface area contributed by atoms with E-state index in [0.29, 0.717) is 5.82 Å². The van der Waals surface area contributed by atoms with Gasteiger partial charge in [0.05, 0.1) is 44.6 Å². The van der Waals surface area contributed by atoms with Gasteiger partial charge in [-0.05, 0) is 76.9 Å². The summed E-state index contributed by atoms with van der Waals surface area (Å²) in [5, 5.41) is 5.01. The Labute approximate surface area is 373 Å². The molecule has 1 spiro atoms. The van der Waals surface area contributed by atoms with Crippen LogP contribution in [0.4, 0.5) is 0 Å². The molecule has 0 radical (unpaired) electrons. The largest absolute Gasteiger partial charge is 0.309 e. The lowest BCUT2D eigenvalue weighted by atomic mass is 9.62. The van der Waals surface area contributed by atoms with Gasteiger partial charge < -0.3 is 9.13 Å². The van der Waals surface area contributed by atoms with E-state index in [1.807, 2.05) is 36.0 Å². The Bertz CT molecular complexity index is 3830. The van der Waals surface area contributed by atoms with Gasteiger partial charge in [-0.2, -0.15) is 0 Å². The van der Waals surface area contributed by atoms with E-state index in [-0.39, 0.29) is 0 Å². The predicted octanol–water partition coefficient (Wildman–Crippen LogP) is 14.8. The van der Waals surface area contributed by atoms with Crippen LogP contribution in [0.25, 0.3) is 88.9 Å². The van der Waals surface area contributed by atoms with Gasteiger partial charge in [-0.25, -0.2) is 9.97 Å². The van der Waals surface area contributed by atoms with Crippen molar-refractivity contribution in [2.45, 2.75) is 15.2 Å². The average Bonchev–Trinajstić information content (AvgIpc) is 3.88. The van der Waals surface area contributed by atoms with E-state index < -0.39 is 5.41 Å². The zero-order valence-electron chi connectivity index (χ0n) is 34.5. The van der Waals surface area contributed by atoms with E-state index in [2.05, 4.69) is 203 Å². The number of hydrogen-bond acceptors (Lipinski definition) is 3. The van der Waals surface area contributed by atoms with E-state index >= 15 is 0 Å². The zero-order chi connectivity index (χ0) is 41.9. The standard InChI is InChI=1S/C59H36N4S/c1-3-17-37(18-4-1)49-36-50(61-58(60-49)38-19-5-2-6-20-38)39-21-15-22-40(33-39)62-51-29-11-8-24-42(51)44-34-56-48(35-54(44)62)59(46-27-10-14-32-55(46)64-56)45-26-9-13-31-53(45)63-52-30-12-7-23-41(52)43-25-16-28-47(59)57(43)63/h1-36H. The summed E-state index contributed by atoms with van der Waals surface area (Å²) < 4.78 is 4.99. The second kappa shape index (κ2) is 13.5. The van der Waals surface area contributed by atoms with Crippen molar-refractivity contribution in [2.75, 3.05) is 0 Å². The van der Waals surface area contributed by atoms with Crippen molar-refractivity contribution >= 4 is 55.4 Å². The monoisotopic (exact) mass is 832 g/mol. The van der Waals surface area contributed by atoms with E-state index in [9.17, 15) is 0 Å². The molecule has 0 saturated carbocycles. The fraction of sp³-hybridized carbons (Fsp3) is 0.0169. The SMILES string of the molecule is c1ccc(-c2cc(-c3cccc(-n4c5ccccc5c5cc6c(cc54)C4(c5ccccc5S6)c5ccccc5-n5c6ccccc6c6cccc4c65)c3)nc(-c3ccccc3)n2)cc1. The molecule has 0 bridgehead atoms. The predicted molar refractivity (Wildman–Crippen MR) is 263 cm³/mol. The molecule has 9 aromatic carbocycles. The maximum Gasteiger partial charge on any atom is 0.160 e. The van der Waals surface area contributed by atoms with Crippen LogP contribution in [-0.4, -0.2) is 19.1 Å². The molecule has 1 unspecified atom stereocenters. The Morgan fingerprint density at radius 2 is 0.953 bits per heavy atom. The highest BCUT2D eigenvalue weighted by Crippen LogP contribution is 2.61. The van der Waals surface area contributed by atoms with Crippen LogP contribution >= 0.6 is 11.8 Å². The lowest BCUT2D eigenvalue weighted by Crippen LogP contribution is -2.37. The van der Waals surface area contributed by atoms with Crippen LogP contribution in [0.15, 0.2) is 228 Å². The average molecular weight is 833 g/mol. The fourth-order valence-corrected chi connectivity index (χ4v) is 12.1. The van der Waals surface area contributed by atoms with Crippen LogP contribution in [0.1, 0.15) is 22.3 Å². The number of aromatic nitrogens is 4. The molecule has 5 heterocycles. The maximum atomic E-state index is 5.23. The first-order valence-corrected chi connectivity index (χ1v) is 22.6. The highest BCUT2D eigenvalue weighted by atomic mass is 32.2. The lowest BCUT2D eigenvalue weighted by Gasteiger charge is -2.45. The molecular formula is C59H36N4S. The van der Waals surface area contributed by atoms with Crippen molar-refractivity contribution in [1.82, 2.24) is 19.1 Å². The summed E-state index contributed by atoms with van der Waals surface area (Å²) in [6.07, 6.45) is 0. The highest BCUT2D eigenvalue weighted by Gasteiger charge is 2.49. The summed E-state index contributed by atoms with van der Waals surface area (Å²) in [6.45, 7) is 0. The smallest absolute Gasteiger partial charge is 0.160 e. The van der Waals surface area contributed by atoms with Gasteiger partial charge in [0.2, 0.25) is 0 Å². The first-order valence-electron chi connectivity index (χ1n) is 21.8. The number of rotatable bonds is 4. The second-order valence-electron chi connectivity index (χ2n) is 16.9. The molecule has 5 heteroatoms. The number of para-hydroxylation sites is 4. The van der Waals surface area contributed by atoms with Gasteiger partial charge in [-0.3, -0.25) is 0 Å². The van der Waals surface area contributed by atoms with E-state index in [1.54, 1.807) is 0 Å². The van der Waals surface area contributed by atoms with Gasteiger partial charge in [0.1, 0.15) is 0 Å². The summed E-state index contributed by atoms with van der Waals surface area (Å²) in [5.41, 5.74) is 16.6. The Morgan fingerprint density at radius 1 is 0.359 bits per heavy atom. The number of benzene rings is 9. The summed E-state index contributed by atoms with van der Waals surface area (Å²) in [7, 11) is 0. The molecule has 12 aromatic rings. The minimum atomic E-state index is -0.586. The molecule has 4 nitrogen and oxygen atoms in total. The molecule has 298 valence electrons. The molecule has 2 aliphatic rings. The third-order valence-corrected chi connectivity index (χ3v) is 14.7. The van der Waals surface area contributed by atoms with Crippen LogP contribution in [0, 0.1) is 0 Å². The molecule has 14 rings (SSSR count). The summed E-state index contributed by atoms with van der Waals surface area (Å²) >= 11 is 1.90. The Morgan fingerprint density at radius 3 is 1.77 bits per heavy atom. The van der Waals surface area contributed by atoms with Gasteiger partial charge in [-0.15, -0.1) is 0 Å². The molecule has 1 atom stereocenters. The maximum absolute atomic E-state index is 5.23. The third kappa shape index (κ3) is 4.90. The van der Waals surface area contributed by atoms with Crippen LogP contribution in [-0.2, 0) is 5.41 Å². The van der Waals surface area contributed by atoms with Gasteiger partial charge in [-0.1, -0.05) is 176 Å². The molecule has 0 amide bonds. The minimum Gasteiger partial charge on any atom is -0.309 e. The quantitative estimate of drug-likeness (QED) is 0.177. The molecule has 0 saturated heterocycles. The first-order chi connectivity index (χ1) is 31.7. The molecule has 0 aliphatic carbocycles. The number of hydrogen-bond donors (Lipinski definition) is 0. The van der Waals surface area contributed by atoms with Gasteiger partial charge in [0.15, 0.2) is 5.82 Å². The van der Waals surface area contributed by atoms with Crippen LogP contribution in [0.5, 0.6) is 0 Å². The van der Waals surface area contributed by atoms with Crippen molar-refractivity contribution < 1.29 is 0 Å². The van der Waals surface area contributed by atoms with Crippen LogP contribution < -0.4 is 0 Å². The minimum absolute atomic E-state index is 0.586. The van der Waals surface area contributed by atoms with Crippen molar-refractivity contribution in [3.05, 3.63) is 241 Å². The summed E-state index contributed by atoms with van der Waals surface area (Å²) in [6, 6.07) is 79.6. The van der Waals surface area contributed by atoms with Crippen LogP contribution in [0.2, 0.25) is 0 Å². The van der Waals surface area contributed by atoms with Crippen molar-refractivity contribution in [3.63, 3.8) is 0 Å². The Hall–Kier alpha value is -7.99. The fourth-order valence-electron chi connectivity index (χ4n) is 10.9. The number of nitrogens with zero attached hydrogens (tertiary/aromatic N) is 4. The third-order valence-electron chi connectivity index (χ3n) is 13.6. The lowest BCUT2D eigenvalue weighted by molar-refractivity contribution is 0.690. The van der Waals surface area contributed by atoms with Gasteiger partial charge in [0, 0.05) is 53.7 Å². The Kier molecular flexibility index (Phi) is 7.51. The van der Waals surface area contributed by atoms with Crippen molar-refractivity contribution in [3.8, 4) is 45.3 Å². The topological polar surface area (TPSA) is 35.6 Å². The second-order valence-corrected chi connectivity index (χ2v) is 18.0. The summed E-state index contributed by atoms with van der Waals surface area (Å²) in [4.78, 5) is 12.9. The molecular weight excluding hydrogens is 797 g/mol. The Balaban J connectivity index is 1.05. The van der Waals surface area contributed by atoms with Crippen molar-refractivity contribution in [2.24, 2.45) is 0 Å². The van der Waals surface area contributed by atoms with Crippen LogP contribution in [0.3, 0.4) is 0 Å². The molecule has 3 aromatic heterocycles. The van der Waals surface area contributed by atoms with Gasteiger partial charge >= 0.3 is 0 Å². The zero-order valence-corrected chi connectivity index (χ0v) is 35.3. The van der Waals surface area contributed by atoms with E-state index in [1.165, 1.54) is 75.8 Å². The van der Waals surface area contributed by atoms with Gasteiger partial charge in [0.25, 0.3) is 0 Å². The summed E-state index contributed by atoms with van der Waals surface area (Å²) in [5.74, 6) is 0.704. The highest BCUT2D eigenvalue weighted by molar-refractivity contribution is 7.99.